The fourth-order valence-corrected chi connectivity index (χ4v) is 1.52. The van der Waals surface area contributed by atoms with Crippen molar-refractivity contribution in [3.05, 3.63) is 51.8 Å². The molecule has 18 heavy (non-hydrogen) atoms. The van der Waals surface area contributed by atoms with E-state index in [0.717, 1.165) is 0 Å². The highest BCUT2D eigenvalue weighted by molar-refractivity contribution is 6.04. The Morgan fingerprint density at radius 3 is 2.83 bits per heavy atom. The van der Waals surface area contributed by atoms with Gasteiger partial charge in [-0.25, -0.2) is 0 Å². The first kappa shape index (κ1) is 11.8. The molecule has 2 aromatic rings. The molecule has 2 rings (SSSR count). The standard InChI is InChI=1S/C11H10N4O3/c1-7-4-8(2-3-10(7)15(17)18)11(16)14-9-5-12-13-6-9/h2-6H,1H3,(H,12,13)(H,14,16). The molecule has 1 amide bonds. The third-order valence-corrected chi connectivity index (χ3v) is 2.41. The molecular formula is C11H10N4O3. The van der Waals surface area contributed by atoms with Crippen molar-refractivity contribution in [3.63, 3.8) is 0 Å². The molecule has 0 aliphatic rings. The van der Waals surface area contributed by atoms with Gasteiger partial charge < -0.3 is 5.32 Å². The van der Waals surface area contributed by atoms with Gasteiger partial charge in [0.05, 0.1) is 16.8 Å². The van der Waals surface area contributed by atoms with Crippen LogP contribution in [0.15, 0.2) is 30.6 Å². The molecule has 7 nitrogen and oxygen atoms in total. The van der Waals surface area contributed by atoms with Gasteiger partial charge in [-0.2, -0.15) is 5.10 Å². The lowest BCUT2D eigenvalue weighted by Gasteiger charge is -2.03. The Morgan fingerprint density at radius 1 is 1.50 bits per heavy atom. The number of carbonyl (C=O) groups excluding carboxylic acids is 1. The molecule has 0 saturated heterocycles. The molecule has 0 unspecified atom stereocenters. The molecule has 92 valence electrons. The number of aryl methyl sites for hydroxylation is 1. The first-order valence-electron chi connectivity index (χ1n) is 5.13. The number of aromatic nitrogens is 2. The summed E-state index contributed by atoms with van der Waals surface area (Å²) in [7, 11) is 0. The maximum absolute atomic E-state index is 11.8. The van der Waals surface area contributed by atoms with Gasteiger partial charge in [0.25, 0.3) is 11.6 Å². The molecular weight excluding hydrogens is 236 g/mol. The molecule has 0 aliphatic carbocycles. The van der Waals surface area contributed by atoms with Crippen LogP contribution in [0.1, 0.15) is 15.9 Å². The van der Waals surface area contributed by atoms with E-state index in [9.17, 15) is 14.9 Å². The quantitative estimate of drug-likeness (QED) is 0.637. The van der Waals surface area contributed by atoms with E-state index in [1.165, 1.54) is 30.6 Å². The van der Waals surface area contributed by atoms with Gasteiger partial charge in [-0.1, -0.05) is 0 Å². The molecule has 0 aliphatic heterocycles. The summed E-state index contributed by atoms with van der Waals surface area (Å²) in [5.74, 6) is -0.339. The zero-order valence-corrected chi connectivity index (χ0v) is 9.51. The number of hydrogen-bond acceptors (Lipinski definition) is 4. The average molecular weight is 246 g/mol. The van der Waals surface area contributed by atoms with Crippen molar-refractivity contribution in [2.45, 2.75) is 6.92 Å². The zero-order valence-electron chi connectivity index (χ0n) is 9.51. The Balaban J connectivity index is 2.21. The van der Waals surface area contributed by atoms with E-state index in [4.69, 9.17) is 0 Å². The average Bonchev–Trinajstić information content (AvgIpc) is 2.81. The minimum atomic E-state index is -0.479. The predicted octanol–water partition coefficient (Wildman–Crippen LogP) is 1.88. The van der Waals surface area contributed by atoms with Crippen LogP contribution >= 0.6 is 0 Å². The second-order valence-corrected chi connectivity index (χ2v) is 3.70. The Labute approximate surface area is 102 Å². The monoisotopic (exact) mass is 246 g/mol. The van der Waals surface area contributed by atoms with Crippen LogP contribution in [-0.2, 0) is 0 Å². The third-order valence-electron chi connectivity index (χ3n) is 2.41. The van der Waals surface area contributed by atoms with Crippen LogP contribution in [-0.4, -0.2) is 21.0 Å². The van der Waals surface area contributed by atoms with Gasteiger partial charge in [-0.15, -0.1) is 0 Å². The minimum absolute atomic E-state index is 0.00476. The summed E-state index contributed by atoms with van der Waals surface area (Å²) in [6.07, 6.45) is 3.01. The topological polar surface area (TPSA) is 101 Å². The summed E-state index contributed by atoms with van der Waals surface area (Å²) < 4.78 is 0. The zero-order chi connectivity index (χ0) is 13.1. The largest absolute Gasteiger partial charge is 0.319 e. The summed E-state index contributed by atoms with van der Waals surface area (Å²) in [6, 6.07) is 4.22. The molecule has 1 aromatic carbocycles. The second-order valence-electron chi connectivity index (χ2n) is 3.70. The predicted molar refractivity (Wildman–Crippen MR) is 64.4 cm³/mol. The highest BCUT2D eigenvalue weighted by atomic mass is 16.6. The maximum Gasteiger partial charge on any atom is 0.272 e. The van der Waals surface area contributed by atoms with E-state index in [2.05, 4.69) is 15.5 Å². The summed E-state index contributed by atoms with van der Waals surface area (Å²) in [5, 5.41) is 19.5. The highest BCUT2D eigenvalue weighted by Crippen LogP contribution is 2.19. The van der Waals surface area contributed by atoms with E-state index in [-0.39, 0.29) is 11.6 Å². The van der Waals surface area contributed by atoms with E-state index in [0.29, 0.717) is 16.8 Å². The number of anilines is 1. The van der Waals surface area contributed by atoms with E-state index in [1.54, 1.807) is 6.92 Å². The number of nitro benzene ring substituents is 1. The lowest BCUT2D eigenvalue weighted by Crippen LogP contribution is -2.11. The van der Waals surface area contributed by atoms with Crippen LogP contribution in [0.5, 0.6) is 0 Å². The van der Waals surface area contributed by atoms with Gasteiger partial charge in [0.2, 0.25) is 0 Å². The number of aromatic amines is 1. The summed E-state index contributed by atoms with van der Waals surface area (Å²) in [6.45, 7) is 1.59. The lowest BCUT2D eigenvalue weighted by atomic mass is 10.1. The number of hydrogen-bond donors (Lipinski definition) is 2. The van der Waals surface area contributed by atoms with Crippen LogP contribution < -0.4 is 5.32 Å². The maximum atomic E-state index is 11.8. The fraction of sp³-hybridized carbons (Fsp3) is 0.0909. The molecule has 0 bridgehead atoms. The molecule has 1 aromatic heterocycles. The van der Waals surface area contributed by atoms with Crippen molar-refractivity contribution >= 4 is 17.3 Å². The second kappa shape index (κ2) is 4.66. The first-order chi connectivity index (χ1) is 8.58. The van der Waals surface area contributed by atoms with Crippen molar-refractivity contribution in [3.8, 4) is 0 Å². The molecule has 0 spiro atoms. The number of benzene rings is 1. The SMILES string of the molecule is Cc1cc(C(=O)Nc2cn[nH]c2)ccc1[N+](=O)[O-]. The van der Waals surface area contributed by atoms with Gasteiger partial charge in [0.1, 0.15) is 0 Å². The molecule has 2 N–H and O–H groups in total. The van der Waals surface area contributed by atoms with Crippen LogP contribution in [0.2, 0.25) is 0 Å². The third kappa shape index (κ3) is 2.34. The number of carbonyl (C=O) groups is 1. The van der Waals surface area contributed by atoms with E-state index in [1.807, 2.05) is 0 Å². The fourth-order valence-electron chi connectivity index (χ4n) is 1.52. The molecule has 0 fully saturated rings. The van der Waals surface area contributed by atoms with Crippen LogP contribution in [0.4, 0.5) is 11.4 Å². The Morgan fingerprint density at radius 2 is 2.28 bits per heavy atom. The van der Waals surface area contributed by atoms with Gasteiger partial charge in [0.15, 0.2) is 0 Å². The van der Waals surface area contributed by atoms with Crippen molar-refractivity contribution in [1.29, 1.82) is 0 Å². The smallest absolute Gasteiger partial charge is 0.272 e. The summed E-state index contributed by atoms with van der Waals surface area (Å²) in [4.78, 5) is 22.0. The van der Waals surface area contributed by atoms with Crippen LogP contribution in [0, 0.1) is 17.0 Å². The molecule has 0 radical (unpaired) electrons. The minimum Gasteiger partial charge on any atom is -0.319 e. The summed E-state index contributed by atoms with van der Waals surface area (Å²) >= 11 is 0. The number of rotatable bonds is 3. The van der Waals surface area contributed by atoms with Gasteiger partial charge in [-0.05, 0) is 19.1 Å². The van der Waals surface area contributed by atoms with E-state index >= 15 is 0 Å². The number of amides is 1. The van der Waals surface area contributed by atoms with Crippen molar-refractivity contribution in [2.24, 2.45) is 0 Å². The van der Waals surface area contributed by atoms with Crippen molar-refractivity contribution in [1.82, 2.24) is 10.2 Å². The Kier molecular flexibility index (Phi) is 3.05. The Hall–Kier alpha value is -2.70. The molecule has 7 heteroatoms. The van der Waals surface area contributed by atoms with Gasteiger partial charge >= 0.3 is 0 Å². The first-order valence-corrected chi connectivity index (χ1v) is 5.13. The number of H-pyrrole nitrogens is 1. The number of nitrogens with one attached hydrogen (secondary N) is 2. The lowest BCUT2D eigenvalue weighted by molar-refractivity contribution is -0.385. The number of nitrogens with zero attached hydrogens (tertiary/aromatic N) is 2. The molecule has 1 heterocycles. The Bertz CT molecular complexity index is 592. The van der Waals surface area contributed by atoms with Crippen molar-refractivity contribution < 1.29 is 9.72 Å². The van der Waals surface area contributed by atoms with Crippen LogP contribution in [0.3, 0.4) is 0 Å². The van der Waals surface area contributed by atoms with E-state index < -0.39 is 4.92 Å². The van der Waals surface area contributed by atoms with Crippen LogP contribution in [0.25, 0.3) is 0 Å². The number of nitro groups is 1. The normalized spacial score (nSPS) is 10.1. The highest BCUT2D eigenvalue weighted by Gasteiger charge is 2.13. The molecule has 0 atom stereocenters. The summed E-state index contributed by atoms with van der Waals surface area (Å²) in [5.41, 5.74) is 1.34. The van der Waals surface area contributed by atoms with Crippen molar-refractivity contribution in [2.75, 3.05) is 5.32 Å². The van der Waals surface area contributed by atoms with Gasteiger partial charge in [0, 0.05) is 23.4 Å². The van der Waals surface area contributed by atoms with Gasteiger partial charge in [-0.3, -0.25) is 20.0 Å². The molecule has 0 saturated carbocycles.